The van der Waals surface area contributed by atoms with Crippen molar-refractivity contribution in [1.29, 1.82) is 0 Å². The summed E-state index contributed by atoms with van der Waals surface area (Å²) in [6.07, 6.45) is -4.60. The van der Waals surface area contributed by atoms with Crippen LogP contribution < -0.4 is 4.72 Å². The SMILES string of the molecule is Cc1ccc([C@H](CNS(=O)(=O)c2cccc(C(F)(F)F)c2)N(C)C)cc1. The van der Waals surface area contributed by atoms with Gasteiger partial charge in [-0.3, -0.25) is 0 Å². The van der Waals surface area contributed by atoms with Crippen molar-refractivity contribution in [2.45, 2.75) is 24.0 Å². The lowest BCUT2D eigenvalue weighted by Crippen LogP contribution is -2.34. The predicted molar refractivity (Wildman–Crippen MR) is 94.2 cm³/mol. The van der Waals surface area contributed by atoms with Crippen LogP contribution in [0.25, 0.3) is 0 Å². The summed E-state index contributed by atoms with van der Waals surface area (Å²) in [5.41, 5.74) is 0.992. The monoisotopic (exact) mass is 386 g/mol. The first kappa shape index (κ1) is 20.4. The highest BCUT2D eigenvalue weighted by Crippen LogP contribution is 2.30. The number of alkyl halides is 3. The van der Waals surface area contributed by atoms with Gasteiger partial charge in [-0.25, -0.2) is 13.1 Å². The summed E-state index contributed by atoms with van der Waals surface area (Å²) in [6.45, 7) is 1.99. The van der Waals surface area contributed by atoms with Crippen molar-refractivity contribution in [3.8, 4) is 0 Å². The van der Waals surface area contributed by atoms with Crippen molar-refractivity contribution in [3.05, 3.63) is 65.2 Å². The number of nitrogens with one attached hydrogen (secondary N) is 1. The van der Waals surface area contributed by atoms with E-state index >= 15 is 0 Å². The van der Waals surface area contributed by atoms with Gasteiger partial charge in [-0.15, -0.1) is 0 Å². The van der Waals surface area contributed by atoms with Gasteiger partial charge in [0.15, 0.2) is 0 Å². The van der Waals surface area contributed by atoms with Crippen LogP contribution in [-0.4, -0.2) is 34.0 Å². The number of hydrogen-bond acceptors (Lipinski definition) is 3. The van der Waals surface area contributed by atoms with E-state index in [0.29, 0.717) is 6.07 Å². The van der Waals surface area contributed by atoms with E-state index in [0.717, 1.165) is 29.3 Å². The summed E-state index contributed by atoms with van der Waals surface area (Å²) >= 11 is 0. The molecule has 2 aromatic rings. The van der Waals surface area contributed by atoms with Crippen LogP contribution in [0.1, 0.15) is 22.7 Å². The molecular formula is C18H21F3N2O2S. The van der Waals surface area contributed by atoms with Gasteiger partial charge in [-0.2, -0.15) is 13.2 Å². The first-order valence-electron chi connectivity index (χ1n) is 7.90. The van der Waals surface area contributed by atoms with Crippen LogP contribution in [0, 0.1) is 6.92 Å². The summed E-state index contributed by atoms with van der Waals surface area (Å²) in [5, 5.41) is 0. The van der Waals surface area contributed by atoms with E-state index in [4.69, 9.17) is 0 Å². The highest BCUT2D eigenvalue weighted by atomic mass is 32.2. The summed E-state index contributed by atoms with van der Waals surface area (Å²) in [5.74, 6) is 0. The molecule has 0 heterocycles. The van der Waals surface area contributed by atoms with Gasteiger partial charge < -0.3 is 4.90 Å². The number of rotatable bonds is 6. The Balaban J connectivity index is 2.21. The normalized spacial score (nSPS) is 13.8. The number of hydrogen-bond donors (Lipinski definition) is 1. The molecule has 0 aliphatic carbocycles. The molecule has 142 valence electrons. The summed E-state index contributed by atoms with van der Waals surface area (Å²) in [4.78, 5) is 1.44. The fourth-order valence-corrected chi connectivity index (χ4v) is 3.58. The number of halogens is 3. The highest BCUT2D eigenvalue weighted by Gasteiger charge is 2.31. The Morgan fingerprint density at radius 3 is 2.23 bits per heavy atom. The third kappa shape index (κ3) is 5.06. The third-order valence-corrected chi connectivity index (χ3v) is 5.45. The van der Waals surface area contributed by atoms with Crippen molar-refractivity contribution in [2.24, 2.45) is 0 Å². The second kappa shape index (κ2) is 7.77. The molecule has 0 fully saturated rings. The molecule has 0 unspecified atom stereocenters. The molecule has 2 rings (SSSR count). The van der Waals surface area contributed by atoms with Crippen LogP contribution in [0.2, 0.25) is 0 Å². The zero-order chi connectivity index (χ0) is 19.5. The van der Waals surface area contributed by atoms with Crippen LogP contribution in [0.15, 0.2) is 53.4 Å². The number of aryl methyl sites for hydroxylation is 1. The van der Waals surface area contributed by atoms with Gasteiger partial charge in [-0.05, 0) is 44.8 Å². The van der Waals surface area contributed by atoms with Gasteiger partial charge in [0.25, 0.3) is 0 Å². The van der Waals surface area contributed by atoms with Gasteiger partial charge in [0.1, 0.15) is 0 Å². The largest absolute Gasteiger partial charge is 0.416 e. The van der Waals surface area contributed by atoms with Gasteiger partial charge in [-0.1, -0.05) is 35.9 Å². The number of likely N-dealkylation sites (N-methyl/N-ethyl adjacent to an activating group) is 1. The summed E-state index contributed by atoms with van der Waals surface area (Å²) < 4.78 is 65.7. The maximum atomic E-state index is 12.8. The second-order valence-electron chi connectivity index (χ2n) is 6.27. The van der Waals surface area contributed by atoms with Crippen LogP contribution in [0.5, 0.6) is 0 Å². The Labute approximate surface area is 151 Å². The molecule has 4 nitrogen and oxygen atoms in total. The second-order valence-corrected chi connectivity index (χ2v) is 8.03. The molecule has 1 atom stereocenters. The Kier molecular flexibility index (Phi) is 6.10. The minimum atomic E-state index is -4.60. The van der Waals surface area contributed by atoms with Crippen molar-refractivity contribution >= 4 is 10.0 Å². The average molecular weight is 386 g/mol. The quantitative estimate of drug-likeness (QED) is 0.825. The van der Waals surface area contributed by atoms with E-state index < -0.39 is 26.7 Å². The molecule has 0 aromatic heterocycles. The minimum Gasteiger partial charge on any atom is -0.301 e. The zero-order valence-corrected chi connectivity index (χ0v) is 15.5. The van der Waals surface area contributed by atoms with Gasteiger partial charge in [0, 0.05) is 12.6 Å². The minimum absolute atomic E-state index is 0.0363. The fourth-order valence-electron chi connectivity index (χ4n) is 2.50. The van der Waals surface area contributed by atoms with E-state index in [1.165, 1.54) is 0 Å². The first-order valence-corrected chi connectivity index (χ1v) is 9.39. The summed E-state index contributed by atoms with van der Waals surface area (Å²) in [7, 11) is -0.447. The molecule has 0 saturated carbocycles. The average Bonchev–Trinajstić information content (AvgIpc) is 2.55. The molecular weight excluding hydrogens is 365 g/mol. The Morgan fingerprint density at radius 2 is 1.69 bits per heavy atom. The summed E-state index contributed by atoms with van der Waals surface area (Å²) in [6, 6.07) is 11.1. The lowest BCUT2D eigenvalue weighted by Gasteiger charge is -2.25. The molecule has 0 radical (unpaired) electrons. The van der Waals surface area contributed by atoms with Crippen molar-refractivity contribution in [2.75, 3.05) is 20.6 Å². The smallest absolute Gasteiger partial charge is 0.301 e. The topological polar surface area (TPSA) is 49.4 Å². The third-order valence-electron chi connectivity index (χ3n) is 4.02. The zero-order valence-electron chi connectivity index (χ0n) is 14.7. The maximum absolute atomic E-state index is 12.8. The van der Waals surface area contributed by atoms with E-state index in [9.17, 15) is 21.6 Å². The maximum Gasteiger partial charge on any atom is 0.416 e. The van der Waals surface area contributed by atoms with Gasteiger partial charge >= 0.3 is 6.18 Å². The molecule has 1 N–H and O–H groups in total. The predicted octanol–water partition coefficient (Wildman–Crippen LogP) is 3.60. The Morgan fingerprint density at radius 1 is 1.08 bits per heavy atom. The van der Waals surface area contributed by atoms with Crippen molar-refractivity contribution in [3.63, 3.8) is 0 Å². The Hall–Kier alpha value is -1.90. The number of benzene rings is 2. The lowest BCUT2D eigenvalue weighted by atomic mass is 10.0. The molecule has 8 heteroatoms. The van der Waals surface area contributed by atoms with Gasteiger partial charge in [0.05, 0.1) is 10.5 Å². The molecule has 0 amide bonds. The number of sulfonamides is 1. The molecule has 2 aromatic carbocycles. The van der Waals surface area contributed by atoms with Crippen LogP contribution in [0.4, 0.5) is 13.2 Å². The number of nitrogens with zero attached hydrogens (tertiary/aromatic N) is 1. The molecule has 0 spiro atoms. The van der Waals surface area contributed by atoms with Crippen molar-refractivity contribution < 1.29 is 21.6 Å². The molecule has 0 saturated heterocycles. The standard InChI is InChI=1S/C18H21F3N2O2S/c1-13-7-9-14(10-8-13)17(23(2)3)12-22-26(24,25)16-6-4-5-15(11-16)18(19,20)21/h4-11,17,22H,12H2,1-3H3/t17-/m0/s1. The van der Waals surface area contributed by atoms with Gasteiger partial charge in [0.2, 0.25) is 10.0 Å². The van der Waals surface area contributed by atoms with E-state index in [-0.39, 0.29) is 12.6 Å². The van der Waals surface area contributed by atoms with Crippen molar-refractivity contribution in [1.82, 2.24) is 9.62 Å². The molecule has 0 bridgehead atoms. The van der Waals surface area contributed by atoms with E-state index in [1.807, 2.05) is 50.2 Å². The molecule has 26 heavy (non-hydrogen) atoms. The highest BCUT2D eigenvalue weighted by molar-refractivity contribution is 7.89. The molecule has 0 aliphatic heterocycles. The van der Waals surface area contributed by atoms with E-state index in [1.54, 1.807) is 0 Å². The fraction of sp³-hybridized carbons (Fsp3) is 0.333. The molecule has 0 aliphatic rings. The Bertz CT molecular complexity index is 847. The van der Waals surface area contributed by atoms with Crippen LogP contribution >= 0.6 is 0 Å². The van der Waals surface area contributed by atoms with Crippen LogP contribution in [0.3, 0.4) is 0 Å². The van der Waals surface area contributed by atoms with Crippen LogP contribution in [-0.2, 0) is 16.2 Å². The van der Waals surface area contributed by atoms with E-state index in [2.05, 4.69) is 4.72 Å². The first-order chi connectivity index (χ1) is 12.0. The lowest BCUT2D eigenvalue weighted by molar-refractivity contribution is -0.137.